The molecule has 0 spiro atoms. The second kappa shape index (κ2) is 12.4. The lowest BCUT2D eigenvalue weighted by Gasteiger charge is -2.19. The highest BCUT2D eigenvalue weighted by atomic mass is 79.9. The smallest absolute Gasteiger partial charge is 0.322 e. The number of thioether (sulfide) groups is 1. The summed E-state index contributed by atoms with van der Waals surface area (Å²) in [6.45, 7) is -0.572. The average molecular weight is 476 g/mol. The Morgan fingerprint density at radius 3 is 2.46 bits per heavy atom. The number of carboxylic acids is 2. The Morgan fingerprint density at radius 2 is 1.86 bits per heavy atom. The van der Waals surface area contributed by atoms with Crippen molar-refractivity contribution in [3.05, 3.63) is 29.8 Å². The minimum Gasteiger partial charge on any atom is -0.480 e. The summed E-state index contributed by atoms with van der Waals surface area (Å²) >= 11 is 4.73. The number of amides is 2. The lowest BCUT2D eigenvalue weighted by Crippen LogP contribution is -2.49. The first-order valence-corrected chi connectivity index (χ1v) is 10.4. The molecule has 1 aromatic rings. The van der Waals surface area contributed by atoms with Gasteiger partial charge in [0.25, 0.3) is 0 Å². The number of alkyl halides is 1. The maximum absolute atomic E-state index is 12.3. The van der Waals surface area contributed by atoms with E-state index in [0.717, 1.165) is 10.5 Å². The third-order valence-electron chi connectivity index (χ3n) is 3.59. The van der Waals surface area contributed by atoms with Crippen molar-refractivity contribution in [1.29, 1.82) is 0 Å². The monoisotopic (exact) mass is 475 g/mol. The molecule has 0 fully saturated rings. The van der Waals surface area contributed by atoms with Gasteiger partial charge in [0.15, 0.2) is 0 Å². The molecule has 2 atom stereocenters. The number of carboxylic acid groups (broad SMARTS) is 2. The summed E-state index contributed by atoms with van der Waals surface area (Å²) < 4.78 is 0. The summed E-state index contributed by atoms with van der Waals surface area (Å²) in [4.78, 5) is 46.7. The molecule has 0 aliphatic carbocycles. The molecule has 0 bridgehead atoms. The number of rotatable bonds is 12. The Morgan fingerprint density at radius 1 is 1.18 bits per heavy atom. The lowest BCUT2D eigenvalue weighted by molar-refractivity contribution is -0.139. The van der Waals surface area contributed by atoms with Crippen LogP contribution in [0.3, 0.4) is 0 Å². The third kappa shape index (κ3) is 8.72. The van der Waals surface area contributed by atoms with Crippen LogP contribution in [0.4, 0.5) is 0 Å². The molecule has 0 heterocycles. The first kappa shape index (κ1) is 23.9. The highest BCUT2D eigenvalue weighted by Gasteiger charge is 2.23. The van der Waals surface area contributed by atoms with Gasteiger partial charge in [0.1, 0.15) is 18.6 Å². The molecule has 0 radical (unpaired) electrons. The molecule has 0 aliphatic rings. The van der Waals surface area contributed by atoms with Gasteiger partial charge in [0.05, 0.1) is 0 Å². The quantitative estimate of drug-likeness (QED) is 0.216. The topological polar surface area (TPSA) is 159 Å². The molecule has 1 rings (SSSR count). The molecule has 9 nitrogen and oxygen atoms in total. The van der Waals surface area contributed by atoms with Crippen LogP contribution in [0.15, 0.2) is 29.2 Å². The van der Waals surface area contributed by atoms with Gasteiger partial charge in [-0.25, -0.2) is 0 Å². The molecule has 6 N–H and O–H groups in total. The second-order valence-corrected chi connectivity index (χ2v) is 7.39. The fourth-order valence-electron chi connectivity index (χ4n) is 2.07. The second-order valence-electron chi connectivity index (χ2n) is 5.77. The van der Waals surface area contributed by atoms with Gasteiger partial charge in [0, 0.05) is 22.4 Å². The van der Waals surface area contributed by atoms with E-state index in [1.165, 1.54) is 11.8 Å². The molecular weight excluding hydrogens is 454 g/mol. The number of carbonyl (C=O) groups is 4. The Bertz CT molecular complexity index is 718. The molecule has 0 aromatic heterocycles. The van der Waals surface area contributed by atoms with Crippen molar-refractivity contribution in [3.8, 4) is 0 Å². The summed E-state index contributed by atoms with van der Waals surface area (Å²) in [5, 5.41) is 22.9. The van der Waals surface area contributed by atoms with Gasteiger partial charge >= 0.3 is 11.9 Å². The predicted molar refractivity (Wildman–Crippen MR) is 107 cm³/mol. The zero-order valence-electron chi connectivity index (χ0n) is 14.9. The van der Waals surface area contributed by atoms with Crippen LogP contribution in [0.2, 0.25) is 0 Å². The van der Waals surface area contributed by atoms with Gasteiger partial charge in [-0.2, -0.15) is 0 Å². The van der Waals surface area contributed by atoms with Gasteiger partial charge in [-0.1, -0.05) is 34.1 Å². The minimum atomic E-state index is -1.22. The van der Waals surface area contributed by atoms with Gasteiger partial charge in [-0.3, -0.25) is 19.2 Å². The van der Waals surface area contributed by atoms with Gasteiger partial charge in [0.2, 0.25) is 11.8 Å². The number of nitrogens with two attached hydrogens (primary N) is 1. The van der Waals surface area contributed by atoms with Crippen molar-refractivity contribution in [1.82, 2.24) is 10.6 Å². The van der Waals surface area contributed by atoms with Crippen molar-refractivity contribution in [2.75, 3.05) is 12.3 Å². The van der Waals surface area contributed by atoms with Crippen LogP contribution >= 0.6 is 27.7 Å². The van der Waals surface area contributed by atoms with E-state index in [1.807, 2.05) is 24.3 Å². The van der Waals surface area contributed by atoms with Crippen LogP contribution < -0.4 is 16.4 Å². The molecule has 0 saturated heterocycles. The van der Waals surface area contributed by atoms with Gasteiger partial charge < -0.3 is 26.6 Å². The lowest BCUT2D eigenvalue weighted by atomic mass is 10.1. The Hall–Kier alpha value is -2.11. The van der Waals surface area contributed by atoms with Crippen LogP contribution in [-0.2, 0) is 24.5 Å². The Kier molecular flexibility index (Phi) is 10.6. The normalized spacial score (nSPS) is 12.6. The number of halogens is 1. The Balaban J connectivity index is 2.75. The molecular formula is C17H22BrN3O6S. The summed E-state index contributed by atoms with van der Waals surface area (Å²) in [5.74, 6) is -3.43. The zero-order valence-corrected chi connectivity index (χ0v) is 17.3. The molecule has 1 aromatic carbocycles. The van der Waals surface area contributed by atoms with E-state index in [2.05, 4.69) is 26.6 Å². The Labute approximate surface area is 174 Å². The average Bonchev–Trinajstić information content (AvgIpc) is 2.67. The predicted octanol–water partition coefficient (Wildman–Crippen LogP) is 0.551. The summed E-state index contributed by atoms with van der Waals surface area (Å²) in [5.41, 5.74) is 6.38. The summed E-state index contributed by atoms with van der Waals surface area (Å²) in [7, 11) is 0. The minimum absolute atomic E-state index is 0.0792. The van der Waals surface area contributed by atoms with E-state index >= 15 is 0 Å². The number of hydrogen-bond donors (Lipinski definition) is 5. The van der Waals surface area contributed by atoms with Crippen molar-refractivity contribution in [2.24, 2.45) is 5.73 Å². The first-order chi connectivity index (χ1) is 13.2. The summed E-state index contributed by atoms with van der Waals surface area (Å²) in [6.07, 6.45) is -0.247. The fourth-order valence-corrected chi connectivity index (χ4v) is 3.83. The largest absolute Gasteiger partial charge is 0.480 e. The van der Waals surface area contributed by atoms with E-state index in [4.69, 9.17) is 15.9 Å². The maximum atomic E-state index is 12.3. The number of hydrogen-bond acceptors (Lipinski definition) is 6. The van der Waals surface area contributed by atoms with Crippen molar-refractivity contribution in [3.63, 3.8) is 0 Å². The molecule has 11 heteroatoms. The number of benzene rings is 1. The number of aliphatic carboxylic acids is 2. The van der Waals surface area contributed by atoms with Crippen LogP contribution in [-0.4, -0.2) is 58.3 Å². The molecule has 154 valence electrons. The number of nitrogens with one attached hydrogen (secondary N) is 2. The molecule has 28 heavy (non-hydrogen) atoms. The van der Waals surface area contributed by atoms with Crippen molar-refractivity contribution in [2.45, 2.75) is 35.2 Å². The van der Waals surface area contributed by atoms with E-state index < -0.39 is 42.4 Å². The molecule has 2 unspecified atom stereocenters. The molecule has 2 amide bonds. The van der Waals surface area contributed by atoms with Crippen LogP contribution in [0.5, 0.6) is 0 Å². The summed E-state index contributed by atoms with van der Waals surface area (Å²) in [6, 6.07) is 5.36. The fraction of sp³-hybridized carbons (Fsp3) is 0.412. The van der Waals surface area contributed by atoms with Gasteiger partial charge in [-0.15, -0.1) is 11.8 Å². The van der Waals surface area contributed by atoms with E-state index in [9.17, 15) is 19.2 Å². The molecule has 0 aliphatic heterocycles. The zero-order chi connectivity index (χ0) is 21.1. The van der Waals surface area contributed by atoms with E-state index in [1.54, 1.807) is 0 Å². The third-order valence-corrected chi connectivity index (χ3v) is 5.40. The van der Waals surface area contributed by atoms with Crippen LogP contribution in [0, 0.1) is 0 Å². The highest BCUT2D eigenvalue weighted by molar-refractivity contribution is 9.08. The van der Waals surface area contributed by atoms with Crippen molar-refractivity contribution < 1.29 is 29.4 Å². The van der Waals surface area contributed by atoms with Crippen LogP contribution in [0.1, 0.15) is 18.4 Å². The van der Waals surface area contributed by atoms with Gasteiger partial charge in [-0.05, 0) is 18.1 Å². The highest BCUT2D eigenvalue weighted by Crippen LogP contribution is 2.25. The van der Waals surface area contributed by atoms with Crippen molar-refractivity contribution >= 4 is 51.4 Å². The standard InChI is InChI=1S/C17H22BrN3O6S/c18-7-10-3-1-2-4-13(10)28-9-12(16(25)20-8-15(23)24)21-14(22)6-5-11(19)17(26)27/h1-4,11-12H,5-9,19H2,(H,20,25)(H,21,22)(H,23,24)(H,26,27). The first-order valence-electron chi connectivity index (χ1n) is 8.28. The SMILES string of the molecule is NC(CCC(=O)NC(CSc1ccccc1CBr)C(=O)NCC(=O)O)C(=O)O. The van der Waals surface area contributed by atoms with Crippen LogP contribution in [0.25, 0.3) is 0 Å². The number of carbonyl (C=O) groups excluding carboxylic acids is 2. The van der Waals surface area contributed by atoms with E-state index in [0.29, 0.717) is 5.33 Å². The molecule has 0 saturated carbocycles. The van der Waals surface area contributed by atoms with E-state index in [-0.39, 0.29) is 18.6 Å². The maximum Gasteiger partial charge on any atom is 0.322 e.